The minimum Gasteiger partial charge on any atom is -0.494 e. The minimum absolute atomic E-state index is 0.0814. The van der Waals surface area contributed by atoms with Crippen molar-refractivity contribution in [1.82, 2.24) is 20.2 Å². The van der Waals surface area contributed by atoms with Crippen molar-refractivity contribution in [2.24, 2.45) is 0 Å². The van der Waals surface area contributed by atoms with E-state index < -0.39 is 29.0 Å². The van der Waals surface area contributed by atoms with E-state index in [0.717, 1.165) is 6.07 Å². The number of nitrogens with one attached hydrogen (secondary N) is 2. The van der Waals surface area contributed by atoms with Crippen molar-refractivity contribution in [2.75, 3.05) is 11.9 Å². The molecule has 12 heteroatoms. The highest BCUT2D eigenvalue weighted by Gasteiger charge is 2.17. The highest BCUT2D eigenvalue weighted by molar-refractivity contribution is 6.33. The second-order valence-corrected chi connectivity index (χ2v) is 9.85. The Bertz CT molecular complexity index is 1490. The van der Waals surface area contributed by atoms with Gasteiger partial charge in [-0.2, -0.15) is 0 Å². The molecule has 39 heavy (non-hydrogen) atoms. The predicted octanol–water partition coefficient (Wildman–Crippen LogP) is 5.71. The van der Waals surface area contributed by atoms with Gasteiger partial charge in [0.1, 0.15) is 23.2 Å². The topological polar surface area (TPSA) is 113 Å². The Morgan fingerprint density at radius 1 is 1.08 bits per heavy atom. The number of ether oxygens (including phenoxy) is 1. The SMILES string of the molecule is CC(C)(O)CCCOc1ccc(Cl)c(-c2ccnc(NC(=O)c3nnc(Cc4cc(F)c(F)cc4F)[nH]3)c2)c1. The van der Waals surface area contributed by atoms with Gasteiger partial charge in [-0.05, 0) is 74.2 Å². The van der Waals surface area contributed by atoms with Crippen LogP contribution in [0.2, 0.25) is 5.02 Å². The van der Waals surface area contributed by atoms with Crippen molar-refractivity contribution in [1.29, 1.82) is 0 Å². The third-order valence-electron chi connectivity index (χ3n) is 5.65. The summed E-state index contributed by atoms with van der Waals surface area (Å²) in [4.78, 5) is 19.5. The summed E-state index contributed by atoms with van der Waals surface area (Å²) in [6, 6.07) is 9.72. The summed E-state index contributed by atoms with van der Waals surface area (Å²) in [7, 11) is 0. The van der Waals surface area contributed by atoms with E-state index in [1.807, 2.05) is 0 Å². The average molecular weight is 560 g/mol. The third kappa shape index (κ3) is 7.55. The summed E-state index contributed by atoms with van der Waals surface area (Å²) >= 11 is 6.41. The molecule has 0 atom stereocenters. The van der Waals surface area contributed by atoms with Crippen LogP contribution in [0.4, 0.5) is 19.0 Å². The van der Waals surface area contributed by atoms with E-state index in [9.17, 15) is 23.1 Å². The molecular weight excluding hydrogens is 535 g/mol. The van der Waals surface area contributed by atoms with E-state index in [4.69, 9.17) is 16.3 Å². The van der Waals surface area contributed by atoms with Crippen LogP contribution >= 0.6 is 11.6 Å². The molecule has 0 fully saturated rings. The number of aromatic nitrogens is 4. The molecule has 8 nitrogen and oxygen atoms in total. The van der Waals surface area contributed by atoms with Gasteiger partial charge in [0.25, 0.3) is 5.91 Å². The molecule has 0 aliphatic rings. The summed E-state index contributed by atoms with van der Waals surface area (Å²) in [5, 5.41) is 20.4. The van der Waals surface area contributed by atoms with Gasteiger partial charge in [-0.3, -0.25) is 4.79 Å². The van der Waals surface area contributed by atoms with E-state index in [0.29, 0.717) is 47.4 Å². The Hall–Kier alpha value is -3.96. The highest BCUT2D eigenvalue weighted by Crippen LogP contribution is 2.32. The molecule has 4 aromatic rings. The molecule has 3 N–H and O–H groups in total. The normalized spacial score (nSPS) is 11.5. The number of anilines is 1. The van der Waals surface area contributed by atoms with E-state index in [1.165, 1.54) is 6.20 Å². The highest BCUT2D eigenvalue weighted by atomic mass is 35.5. The molecule has 204 valence electrons. The molecule has 0 saturated carbocycles. The number of amides is 1. The zero-order valence-corrected chi connectivity index (χ0v) is 21.8. The lowest BCUT2D eigenvalue weighted by atomic mass is 10.0. The lowest BCUT2D eigenvalue weighted by Crippen LogP contribution is -2.19. The van der Waals surface area contributed by atoms with Gasteiger partial charge in [0.2, 0.25) is 5.82 Å². The molecule has 0 radical (unpaired) electrons. The fourth-order valence-corrected chi connectivity index (χ4v) is 3.94. The molecule has 4 rings (SSSR count). The summed E-state index contributed by atoms with van der Waals surface area (Å²) in [5.74, 6) is -3.41. The zero-order chi connectivity index (χ0) is 28.2. The lowest BCUT2D eigenvalue weighted by Gasteiger charge is -2.17. The number of rotatable bonds is 10. The van der Waals surface area contributed by atoms with Gasteiger partial charge in [0.15, 0.2) is 11.6 Å². The number of aromatic amines is 1. The molecular formula is C27H25ClF3N5O3. The van der Waals surface area contributed by atoms with Gasteiger partial charge in [-0.1, -0.05) is 11.6 Å². The first-order chi connectivity index (χ1) is 18.5. The summed E-state index contributed by atoms with van der Waals surface area (Å²) in [6.45, 7) is 3.91. The maximum Gasteiger partial charge on any atom is 0.294 e. The first-order valence-corrected chi connectivity index (χ1v) is 12.3. The number of carbonyl (C=O) groups excluding carboxylic acids is 1. The molecule has 0 bridgehead atoms. The fourth-order valence-electron chi connectivity index (χ4n) is 3.71. The smallest absolute Gasteiger partial charge is 0.294 e. The number of H-pyrrole nitrogens is 1. The van der Waals surface area contributed by atoms with Crippen LogP contribution in [-0.2, 0) is 6.42 Å². The molecule has 2 aromatic heterocycles. The van der Waals surface area contributed by atoms with Crippen LogP contribution in [0.15, 0.2) is 48.7 Å². The molecule has 0 spiro atoms. The van der Waals surface area contributed by atoms with E-state index >= 15 is 0 Å². The van der Waals surface area contributed by atoms with Crippen LogP contribution in [0.1, 0.15) is 48.7 Å². The average Bonchev–Trinajstić information content (AvgIpc) is 3.34. The summed E-state index contributed by atoms with van der Waals surface area (Å²) in [5.41, 5.74) is 0.413. The van der Waals surface area contributed by atoms with Crippen LogP contribution in [-0.4, -0.2) is 43.4 Å². The molecule has 0 aliphatic heterocycles. The lowest BCUT2D eigenvalue weighted by molar-refractivity contribution is 0.0641. The number of hydrogen-bond acceptors (Lipinski definition) is 6. The van der Waals surface area contributed by atoms with Crippen LogP contribution in [0.3, 0.4) is 0 Å². The Balaban J connectivity index is 1.43. The molecule has 2 aromatic carbocycles. The number of halogens is 4. The van der Waals surface area contributed by atoms with E-state index in [2.05, 4.69) is 25.5 Å². The number of pyridine rings is 1. The van der Waals surface area contributed by atoms with Gasteiger partial charge >= 0.3 is 0 Å². The Morgan fingerprint density at radius 2 is 1.85 bits per heavy atom. The van der Waals surface area contributed by atoms with Gasteiger partial charge in [0.05, 0.1) is 12.2 Å². The second kappa shape index (κ2) is 11.8. The Labute approximate surface area is 227 Å². The molecule has 0 unspecified atom stereocenters. The van der Waals surface area contributed by atoms with Crippen molar-refractivity contribution < 1.29 is 27.8 Å². The zero-order valence-electron chi connectivity index (χ0n) is 21.1. The number of aliphatic hydroxyl groups is 1. The molecule has 1 amide bonds. The fraction of sp³-hybridized carbons (Fsp3) is 0.259. The minimum atomic E-state index is -1.30. The van der Waals surface area contributed by atoms with Crippen molar-refractivity contribution in [2.45, 2.75) is 38.7 Å². The van der Waals surface area contributed by atoms with Crippen molar-refractivity contribution in [3.8, 4) is 16.9 Å². The quantitative estimate of drug-likeness (QED) is 0.169. The summed E-state index contributed by atoms with van der Waals surface area (Å²) in [6.07, 6.45) is 2.53. The van der Waals surface area contributed by atoms with Crippen molar-refractivity contribution >= 4 is 23.3 Å². The maximum atomic E-state index is 13.9. The van der Waals surface area contributed by atoms with E-state index in [-0.39, 0.29) is 29.5 Å². The van der Waals surface area contributed by atoms with Crippen LogP contribution in [0, 0.1) is 17.5 Å². The number of carbonyl (C=O) groups is 1. The maximum absolute atomic E-state index is 13.9. The third-order valence-corrected chi connectivity index (χ3v) is 5.98. The number of nitrogens with zero attached hydrogens (tertiary/aromatic N) is 3. The van der Waals surface area contributed by atoms with Crippen molar-refractivity contribution in [3.05, 3.63) is 88.3 Å². The first-order valence-electron chi connectivity index (χ1n) is 12.0. The van der Waals surface area contributed by atoms with Gasteiger partial charge in [-0.25, -0.2) is 18.2 Å². The van der Waals surface area contributed by atoms with Crippen LogP contribution in [0.25, 0.3) is 11.1 Å². The second-order valence-electron chi connectivity index (χ2n) is 9.44. The standard InChI is InChI=1S/C27H25ClF3N5O3/c1-27(2,38)7-3-9-39-17-4-5-19(28)18(13-17)15-6-8-32-23(11-15)34-26(37)25-33-24(35-36-25)12-16-10-21(30)22(31)14-20(16)29/h4-6,8,10-11,13-14,38H,3,7,9,12H2,1-2H3,(H,32,34,37)(H,33,35,36). The largest absolute Gasteiger partial charge is 0.494 e. The summed E-state index contributed by atoms with van der Waals surface area (Å²) < 4.78 is 46.4. The van der Waals surface area contributed by atoms with E-state index in [1.54, 1.807) is 44.2 Å². The van der Waals surface area contributed by atoms with Crippen molar-refractivity contribution in [3.63, 3.8) is 0 Å². The predicted molar refractivity (Wildman–Crippen MR) is 139 cm³/mol. The van der Waals surface area contributed by atoms with Crippen LogP contribution in [0.5, 0.6) is 5.75 Å². The molecule has 0 saturated heterocycles. The van der Waals surface area contributed by atoms with Gasteiger partial charge in [-0.15, -0.1) is 10.2 Å². The van der Waals surface area contributed by atoms with Crippen LogP contribution < -0.4 is 10.1 Å². The number of benzene rings is 2. The molecule has 2 heterocycles. The number of hydrogen-bond donors (Lipinski definition) is 3. The van der Waals surface area contributed by atoms with Gasteiger partial charge < -0.3 is 20.1 Å². The Morgan fingerprint density at radius 3 is 2.62 bits per heavy atom. The van der Waals surface area contributed by atoms with Gasteiger partial charge in [0, 0.05) is 29.3 Å². The molecule has 0 aliphatic carbocycles. The Kier molecular flexibility index (Phi) is 8.51. The monoisotopic (exact) mass is 559 g/mol. The first kappa shape index (κ1) is 28.1.